The van der Waals surface area contributed by atoms with Crippen molar-refractivity contribution in [3.63, 3.8) is 0 Å². The number of hydrogen-bond donors (Lipinski definition) is 1. The highest BCUT2D eigenvalue weighted by Crippen LogP contribution is 2.26. The minimum atomic E-state index is -0.556. The summed E-state index contributed by atoms with van der Waals surface area (Å²) in [5.74, 6) is -0.257. The maximum Gasteiger partial charge on any atom is 0.123 e. The highest BCUT2D eigenvalue weighted by Gasteiger charge is 2.10. The predicted molar refractivity (Wildman–Crippen MR) is 75.8 cm³/mol. The van der Waals surface area contributed by atoms with Gasteiger partial charge in [-0.1, -0.05) is 19.1 Å². The quantitative estimate of drug-likeness (QED) is 0.789. The molecule has 0 spiro atoms. The molecule has 0 saturated heterocycles. The largest absolute Gasteiger partial charge is 0.387 e. The van der Waals surface area contributed by atoms with E-state index in [9.17, 15) is 9.50 Å². The molecule has 0 radical (unpaired) electrons. The van der Waals surface area contributed by atoms with Crippen LogP contribution in [0.4, 0.5) is 4.39 Å². The first-order valence-corrected chi connectivity index (χ1v) is 6.59. The van der Waals surface area contributed by atoms with Crippen LogP contribution in [0.15, 0.2) is 48.9 Å². The van der Waals surface area contributed by atoms with E-state index < -0.39 is 6.10 Å². The lowest BCUT2D eigenvalue weighted by Crippen LogP contribution is -2.00. The lowest BCUT2D eigenvalue weighted by atomic mass is 10.1. The molecule has 2 aromatic heterocycles. The molecule has 3 nitrogen and oxygen atoms in total. The Labute approximate surface area is 116 Å². The third-order valence-electron chi connectivity index (χ3n) is 3.43. The first-order valence-electron chi connectivity index (χ1n) is 6.59. The van der Waals surface area contributed by atoms with Gasteiger partial charge in [-0.3, -0.25) is 4.98 Å². The average Bonchev–Trinajstić information content (AvgIpc) is 2.89. The SMILES string of the molecule is CCC(O)c1cn2ccc(-c3cccc(F)c3)c2cn1. The van der Waals surface area contributed by atoms with Crippen molar-refractivity contribution in [2.24, 2.45) is 0 Å². The minimum Gasteiger partial charge on any atom is -0.387 e. The molecule has 0 fully saturated rings. The van der Waals surface area contributed by atoms with E-state index in [1.54, 1.807) is 12.3 Å². The number of aliphatic hydroxyl groups excluding tert-OH is 1. The van der Waals surface area contributed by atoms with Crippen molar-refractivity contribution >= 4 is 5.52 Å². The summed E-state index contributed by atoms with van der Waals surface area (Å²) in [7, 11) is 0. The van der Waals surface area contributed by atoms with Crippen LogP contribution < -0.4 is 0 Å². The molecular weight excluding hydrogens is 255 g/mol. The average molecular weight is 270 g/mol. The normalized spacial score (nSPS) is 12.8. The molecule has 3 rings (SSSR count). The van der Waals surface area contributed by atoms with Crippen LogP contribution in [0.25, 0.3) is 16.6 Å². The molecule has 0 saturated carbocycles. The van der Waals surface area contributed by atoms with E-state index in [4.69, 9.17) is 0 Å². The van der Waals surface area contributed by atoms with Gasteiger partial charge in [-0.05, 0) is 30.2 Å². The number of nitrogens with zero attached hydrogens (tertiary/aromatic N) is 2. The Morgan fingerprint density at radius 2 is 2.20 bits per heavy atom. The van der Waals surface area contributed by atoms with Crippen LogP contribution in [-0.2, 0) is 0 Å². The molecule has 1 N–H and O–H groups in total. The molecule has 0 aliphatic rings. The highest BCUT2D eigenvalue weighted by molar-refractivity contribution is 5.80. The van der Waals surface area contributed by atoms with Gasteiger partial charge in [0.15, 0.2) is 0 Å². The Bertz CT molecular complexity index is 751. The zero-order chi connectivity index (χ0) is 14.1. The number of hydrogen-bond acceptors (Lipinski definition) is 2. The monoisotopic (exact) mass is 270 g/mol. The molecule has 4 heteroatoms. The van der Waals surface area contributed by atoms with Gasteiger partial charge in [0.1, 0.15) is 5.82 Å². The van der Waals surface area contributed by atoms with Gasteiger partial charge in [-0.2, -0.15) is 0 Å². The molecule has 102 valence electrons. The summed E-state index contributed by atoms with van der Waals surface area (Å²) < 4.78 is 15.2. The third kappa shape index (κ3) is 2.18. The van der Waals surface area contributed by atoms with Gasteiger partial charge < -0.3 is 9.51 Å². The zero-order valence-electron chi connectivity index (χ0n) is 11.1. The minimum absolute atomic E-state index is 0.257. The zero-order valence-corrected chi connectivity index (χ0v) is 11.1. The van der Waals surface area contributed by atoms with Crippen molar-refractivity contribution in [2.45, 2.75) is 19.4 Å². The lowest BCUT2D eigenvalue weighted by molar-refractivity contribution is 0.168. The van der Waals surface area contributed by atoms with E-state index in [-0.39, 0.29) is 5.82 Å². The summed E-state index contributed by atoms with van der Waals surface area (Å²) in [6.45, 7) is 1.91. The summed E-state index contributed by atoms with van der Waals surface area (Å²) in [6.07, 6.45) is 5.49. The van der Waals surface area contributed by atoms with Gasteiger partial charge in [0, 0.05) is 18.0 Å². The van der Waals surface area contributed by atoms with Crippen molar-refractivity contribution in [3.8, 4) is 11.1 Å². The second-order valence-corrected chi connectivity index (χ2v) is 4.77. The van der Waals surface area contributed by atoms with Gasteiger partial charge >= 0.3 is 0 Å². The maximum atomic E-state index is 13.3. The summed E-state index contributed by atoms with van der Waals surface area (Å²) in [5.41, 5.74) is 3.27. The number of benzene rings is 1. The first kappa shape index (κ1) is 12.8. The number of rotatable bonds is 3. The van der Waals surface area contributed by atoms with Crippen molar-refractivity contribution in [1.29, 1.82) is 0 Å². The van der Waals surface area contributed by atoms with Crippen LogP contribution in [0, 0.1) is 5.82 Å². The van der Waals surface area contributed by atoms with Gasteiger partial charge in [-0.15, -0.1) is 0 Å². The molecule has 1 aromatic carbocycles. The summed E-state index contributed by atoms with van der Waals surface area (Å²) >= 11 is 0. The fourth-order valence-electron chi connectivity index (χ4n) is 2.30. The first-order chi connectivity index (χ1) is 9.69. The molecular formula is C16H15FN2O. The molecule has 0 aliphatic carbocycles. The Kier molecular flexibility index (Phi) is 3.24. The van der Waals surface area contributed by atoms with Crippen LogP contribution >= 0.6 is 0 Å². The molecule has 2 heterocycles. The van der Waals surface area contributed by atoms with Crippen molar-refractivity contribution < 1.29 is 9.50 Å². The molecule has 0 amide bonds. The van der Waals surface area contributed by atoms with Crippen LogP contribution in [0.2, 0.25) is 0 Å². The Morgan fingerprint density at radius 1 is 1.35 bits per heavy atom. The molecule has 20 heavy (non-hydrogen) atoms. The predicted octanol–water partition coefficient (Wildman–Crippen LogP) is 3.58. The van der Waals surface area contributed by atoms with E-state index in [2.05, 4.69) is 4.98 Å². The highest BCUT2D eigenvalue weighted by atomic mass is 19.1. The number of aliphatic hydroxyl groups is 1. The molecule has 1 unspecified atom stereocenters. The summed E-state index contributed by atoms with van der Waals surface area (Å²) in [6, 6.07) is 8.41. The van der Waals surface area contributed by atoms with Gasteiger partial charge in [0.2, 0.25) is 0 Å². The topological polar surface area (TPSA) is 37.5 Å². The van der Waals surface area contributed by atoms with E-state index in [0.29, 0.717) is 12.1 Å². The molecule has 0 aliphatic heterocycles. The van der Waals surface area contributed by atoms with Crippen LogP contribution in [0.1, 0.15) is 25.1 Å². The number of aromatic nitrogens is 2. The van der Waals surface area contributed by atoms with E-state index in [1.165, 1.54) is 12.1 Å². The molecule has 0 bridgehead atoms. The van der Waals surface area contributed by atoms with Crippen LogP contribution in [0.5, 0.6) is 0 Å². The van der Waals surface area contributed by atoms with E-state index in [1.807, 2.05) is 35.9 Å². The standard InChI is InChI=1S/C16H15FN2O/c1-2-16(20)14-10-19-7-6-13(15(19)9-18-14)11-4-3-5-12(17)8-11/h3-10,16,20H,2H2,1H3. The van der Waals surface area contributed by atoms with Gasteiger partial charge in [-0.25, -0.2) is 4.39 Å². The molecule has 3 aromatic rings. The smallest absolute Gasteiger partial charge is 0.123 e. The van der Waals surface area contributed by atoms with Crippen molar-refractivity contribution in [3.05, 3.63) is 60.4 Å². The Hall–Kier alpha value is -2.20. The number of halogens is 1. The fourth-order valence-corrected chi connectivity index (χ4v) is 2.30. The third-order valence-corrected chi connectivity index (χ3v) is 3.43. The van der Waals surface area contributed by atoms with E-state index >= 15 is 0 Å². The van der Waals surface area contributed by atoms with Crippen LogP contribution in [0.3, 0.4) is 0 Å². The van der Waals surface area contributed by atoms with Crippen LogP contribution in [-0.4, -0.2) is 14.5 Å². The van der Waals surface area contributed by atoms with Gasteiger partial charge in [0.05, 0.1) is 23.5 Å². The Morgan fingerprint density at radius 3 is 2.95 bits per heavy atom. The van der Waals surface area contributed by atoms with E-state index in [0.717, 1.165) is 16.6 Å². The van der Waals surface area contributed by atoms with Gasteiger partial charge in [0.25, 0.3) is 0 Å². The summed E-state index contributed by atoms with van der Waals surface area (Å²) in [5, 5.41) is 9.82. The number of fused-ring (bicyclic) bond motifs is 1. The lowest BCUT2D eigenvalue weighted by Gasteiger charge is -2.08. The second kappa shape index (κ2) is 5.06. The second-order valence-electron chi connectivity index (χ2n) is 4.77. The summed E-state index contributed by atoms with van der Waals surface area (Å²) in [4.78, 5) is 4.29. The fraction of sp³-hybridized carbons (Fsp3) is 0.188. The Balaban J connectivity index is 2.10. The van der Waals surface area contributed by atoms with Crippen molar-refractivity contribution in [1.82, 2.24) is 9.38 Å². The van der Waals surface area contributed by atoms with Crippen molar-refractivity contribution in [2.75, 3.05) is 0 Å². The molecule has 1 atom stereocenters. The maximum absolute atomic E-state index is 13.3.